The van der Waals surface area contributed by atoms with Gasteiger partial charge in [-0.3, -0.25) is 9.59 Å². The van der Waals surface area contributed by atoms with Gasteiger partial charge >= 0.3 is 0 Å². The zero-order chi connectivity index (χ0) is 17.9. The first-order chi connectivity index (χ1) is 12.0. The molecule has 1 heterocycles. The van der Waals surface area contributed by atoms with E-state index in [-0.39, 0.29) is 23.7 Å². The summed E-state index contributed by atoms with van der Waals surface area (Å²) in [6.45, 7) is 5.37. The van der Waals surface area contributed by atoms with Gasteiger partial charge in [-0.2, -0.15) is 0 Å². The smallest absolute Gasteiger partial charge is 0.225 e. The molecular weight excluding hydrogens is 312 g/mol. The standard InChI is InChI=1S/C21H36N2O2/c1-16(2)20(25)23-14-8-17(9-15-23)19(24)22-18-6-12-21(13-7-18)10-4-3-5-11-21/h16-18H,3-15H2,1-2H3,(H,22,24). The van der Waals surface area contributed by atoms with Gasteiger partial charge in [-0.05, 0) is 56.8 Å². The van der Waals surface area contributed by atoms with Crippen LogP contribution in [0.1, 0.15) is 84.5 Å². The molecule has 1 saturated heterocycles. The van der Waals surface area contributed by atoms with E-state index in [9.17, 15) is 9.59 Å². The summed E-state index contributed by atoms with van der Waals surface area (Å²) in [4.78, 5) is 26.6. The van der Waals surface area contributed by atoms with Crippen molar-refractivity contribution >= 4 is 11.8 Å². The highest BCUT2D eigenvalue weighted by Gasteiger charge is 2.37. The van der Waals surface area contributed by atoms with Crippen molar-refractivity contribution in [1.82, 2.24) is 10.2 Å². The SMILES string of the molecule is CC(C)C(=O)N1CCC(C(=O)NC2CCC3(CCCCC3)CC2)CC1. The summed E-state index contributed by atoms with van der Waals surface area (Å²) in [5.41, 5.74) is 0.613. The zero-order valence-electron chi connectivity index (χ0n) is 16.2. The predicted octanol–water partition coefficient (Wildman–Crippen LogP) is 3.89. The minimum Gasteiger partial charge on any atom is -0.353 e. The Labute approximate surface area is 153 Å². The molecule has 0 aromatic heterocycles. The Balaban J connectivity index is 1.41. The molecule has 4 nitrogen and oxygen atoms in total. The van der Waals surface area contributed by atoms with Gasteiger partial charge in [0, 0.05) is 31.0 Å². The molecule has 3 aliphatic rings. The van der Waals surface area contributed by atoms with Crippen LogP contribution in [0.25, 0.3) is 0 Å². The second kappa shape index (κ2) is 8.09. The van der Waals surface area contributed by atoms with E-state index in [1.807, 2.05) is 18.7 Å². The van der Waals surface area contributed by atoms with Gasteiger partial charge in [0.2, 0.25) is 11.8 Å². The van der Waals surface area contributed by atoms with E-state index in [0.29, 0.717) is 11.5 Å². The van der Waals surface area contributed by atoms with E-state index in [0.717, 1.165) is 38.8 Å². The minimum absolute atomic E-state index is 0.0553. The van der Waals surface area contributed by atoms with Gasteiger partial charge in [0.05, 0.1) is 0 Å². The van der Waals surface area contributed by atoms with Gasteiger partial charge < -0.3 is 10.2 Å². The second-order valence-corrected chi connectivity index (χ2v) is 9.10. The third kappa shape index (κ3) is 4.57. The van der Waals surface area contributed by atoms with Crippen LogP contribution in [0.2, 0.25) is 0 Å². The first-order valence-corrected chi connectivity index (χ1v) is 10.6. The van der Waals surface area contributed by atoms with E-state index >= 15 is 0 Å². The maximum Gasteiger partial charge on any atom is 0.225 e. The Kier molecular flexibility index (Phi) is 6.06. The lowest BCUT2D eigenvalue weighted by Crippen LogP contribution is -2.47. The van der Waals surface area contributed by atoms with Gasteiger partial charge in [0.15, 0.2) is 0 Å². The quantitative estimate of drug-likeness (QED) is 0.841. The Bertz CT molecular complexity index is 464. The van der Waals surface area contributed by atoms with Gasteiger partial charge in [0.1, 0.15) is 0 Å². The number of likely N-dealkylation sites (tertiary alicyclic amines) is 1. The summed E-state index contributed by atoms with van der Waals surface area (Å²) in [5.74, 6) is 0.617. The highest BCUT2D eigenvalue weighted by atomic mass is 16.2. The number of carbonyl (C=O) groups is 2. The van der Waals surface area contributed by atoms with E-state index < -0.39 is 0 Å². The number of nitrogens with one attached hydrogen (secondary N) is 1. The number of carbonyl (C=O) groups excluding carboxylic acids is 2. The molecule has 0 radical (unpaired) electrons. The van der Waals surface area contributed by atoms with E-state index in [1.165, 1.54) is 44.9 Å². The van der Waals surface area contributed by atoms with Crippen molar-refractivity contribution < 1.29 is 9.59 Å². The Morgan fingerprint density at radius 3 is 2.08 bits per heavy atom. The number of rotatable bonds is 3. The van der Waals surface area contributed by atoms with Crippen LogP contribution in [-0.4, -0.2) is 35.8 Å². The Morgan fingerprint density at radius 1 is 0.920 bits per heavy atom. The van der Waals surface area contributed by atoms with Crippen LogP contribution in [0.15, 0.2) is 0 Å². The number of piperidine rings is 1. The molecule has 3 rings (SSSR count). The van der Waals surface area contributed by atoms with Crippen LogP contribution < -0.4 is 5.32 Å². The molecule has 0 unspecified atom stereocenters. The van der Waals surface area contributed by atoms with Crippen LogP contribution >= 0.6 is 0 Å². The third-order valence-electron chi connectivity index (χ3n) is 6.98. The molecule has 1 aliphatic heterocycles. The van der Waals surface area contributed by atoms with Crippen molar-refractivity contribution in [2.24, 2.45) is 17.3 Å². The molecule has 2 aliphatic carbocycles. The zero-order valence-corrected chi connectivity index (χ0v) is 16.2. The lowest BCUT2D eigenvalue weighted by Gasteiger charge is -2.43. The number of hydrogen-bond acceptors (Lipinski definition) is 2. The molecule has 1 N–H and O–H groups in total. The highest BCUT2D eigenvalue weighted by Crippen LogP contribution is 2.47. The fourth-order valence-corrected chi connectivity index (χ4v) is 5.22. The monoisotopic (exact) mass is 348 g/mol. The average Bonchev–Trinajstić information content (AvgIpc) is 2.64. The lowest BCUT2D eigenvalue weighted by atomic mass is 9.64. The topological polar surface area (TPSA) is 49.4 Å². The molecule has 3 fully saturated rings. The molecular formula is C21H36N2O2. The summed E-state index contributed by atoms with van der Waals surface area (Å²) in [5, 5.41) is 3.34. The van der Waals surface area contributed by atoms with Crippen LogP contribution in [0.3, 0.4) is 0 Å². The predicted molar refractivity (Wildman–Crippen MR) is 100 cm³/mol. The summed E-state index contributed by atoms with van der Waals surface area (Å²) >= 11 is 0. The fraction of sp³-hybridized carbons (Fsp3) is 0.905. The van der Waals surface area contributed by atoms with Crippen molar-refractivity contribution in [3.63, 3.8) is 0 Å². The summed E-state index contributed by atoms with van der Waals surface area (Å²) in [6.07, 6.45) is 13.6. The number of hydrogen-bond donors (Lipinski definition) is 1. The maximum atomic E-state index is 12.6. The van der Waals surface area contributed by atoms with E-state index in [2.05, 4.69) is 5.32 Å². The second-order valence-electron chi connectivity index (χ2n) is 9.10. The first-order valence-electron chi connectivity index (χ1n) is 10.6. The molecule has 25 heavy (non-hydrogen) atoms. The van der Waals surface area contributed by atoms with Crippen LogP contribution in [-0.2, 0) is 9.59 Å². The van der Waals surface area contributed by atoms with Gasteiger partial charge in [-0.1, -0.05) is 33.1 Å². The first kappa shape index (κ1) is 18.7. The molecule has 0 atom stereocenters. The van der Waals surface area contributed by atoms with E-state index in [1.54, 1.807) is 0 Å². The number of nitrogens with zero attached hydrogens (tertiary/aromatic N) is 1. The van der Waals surface area contributed by atoms with E-state index in [4.69, 9.17) is 0 Å². The minimum atomic E-state index is 0.0553. The van der Waals surface area contributed by atoms with Gasteiger partial charge in [-0.15, -0.1) is 0 Å². The lowest BCUT2D eigenvalue weighted by molar-refractivity contribution is -0.138. The van der Waals surface area contributed by atoms with Crippen molar-refractivity contribution in [2.45, 2.75) is 90.5 Å². The molecule has 0 aromatic carbocycles. The largest absolute Gasteiger partial charge is 0.353 e. The van der Waals surface area contributed by atoms with Crippen molar-refractivity contribution in [3.8, 4) is 0 Å². The fourth-order valence-electron chi connectivity index (χ4n) is 5.22. The molecule has 1 spiro atoms. The Hall–Kier alpha value is -1.06. The van der Waals surface area contributed by atoms with Crippen molar-refractivity contribution in [2.75, 3.05) is 13.1 Å². The van der Waals surface area contributed by atoms with Crippen LogP contribution in [0, 0.1) is 17.3 Å². The maximum absolute atomic E-state index is 12.6. The molecule has 0 aromatic rings. The van der Waals surface area contributed by atoms with Crippen LogP contribution in [0.5, 0.6) is 0 Å². The Morgan fingerprint density at radius 2 is 1.52 bits per heavy atom. The van der Waals surface area contributed by atoms with Crippen molar-refractivity contribution in [3.05, 3.63) is 0 Å². The number of amides is 2. The summed E-state index contributed by atoms with van der Waals surface area (Å²) in [6, 6.07) is 0.385. The molecule has 2 amide bonds. The molecule has 2 saturated carbocycles. The molecule has 4 heteroatoms. The molecule has 142 valence electrons. The highest BCUT2D eigenvalue weighted by molar-refractivity contribution is 5.81. The summed E-state index contributed by atoms with van der Waals surface area (Å²) < 4.78 is 0. The average molecular weight is 349 g/mol. The normalized spacial score (nSPS) is 25.3. The molecule has 0 bridgehead atoms. The van der Waals surface area contributed by atoms with Crippen molar-refractivity contribution in [1.29, 1.82) is 0 Å². The van der Waals surface area contributed by atoms with Gasteiger partial charge in [-0.25, -0.2) is 0 Å². The van der Waals surface area contributed by atoms with Gasteiger partial charge in [0.25, 0.3) is 0 Å². The summed E-state index contributed by atoms with van der Waals surface area (Å²) in [7, 11) is 0. The van der Waals surface area contributed by atoms with Crippen LogP contribution in [0.4, 0.5) is 0 Å². The third-order valence-corrected chi connectivity index (χ3v) is 6.98.